The molecule has 0 bridgehead atoms. The molecular formula is C20H24N2O. The molecule has 0 aliphatic carbocycles. The third kappa shape index (κ3) is 4.71. The van der Waals surface area contributed by atoms with Crippen molar-refractivity contribution in [3.63, 3.8) is 0 Å². The van der Waals surface area contributed by atoms with Crippen molar-refractivity contribution < 1.29 is 4.79 Å². The van der Waals surface area contributed by atoms with Crippen molar-refractivity contribution in [2.75, 3.05) is 24.3 Å². The summed E-state index contributed by atoms with van der Waals surface area (Å²) in [5, 5.41) is 3.12. The molecule has 0 spiro atoms. The first-order valence-corrected chi connectivity index (χ1v) is 7.82. The van der Waals surface area contributed by atoms with E-state index in [0.717, 1.165) is 11.4 Å². The molecule has 0 unspecified atom stereocenters. The largest absolute Gasteiger partial charge is 0.378 e. The van der Waals surface area contributed by atoms with Gasteiger partial charge in [-0.15, -0.1) is 0 Å². The van der Waals surface area contributed by atoms with Crippen LogP contribution in [0.15, 0.2) is 60.8 Å². The smallest absolute Gasteiger partial charge is 0.187 e. The number of hydrogen-bond donors (Lipinski definition) is 1. The molecule has 0 radical (unpaired) electrons. The first-order chi connectivity index (χ1) is 11.0. The zero-order chi connectivity index (χ0) is 16.8. The van der Waals surface area contributed by atoms with Crippen molar-refractivity contribution in [2.24, 2.45) is 0 Å². The highest BCUT2D eigenvalue weighted by molar-refractivity contribution is 6.04. The van der Waals surface area contributed by atoms with Crippen molar-refractivity contribution in [2.45, 2.75) is 19.8 Å². The van der Waals surface area contributed by atoms with E-state index in [1.807, 2.05) is 67.5 Å². The van der Waals surface area contributed by atoms with Crippen LogP contribution >= 0.6 is 0 Å². The predicted molar refractivity (Wildman–Crippen MR) is 98.4 cm³/mol. The van der Waals surface area contributed by atoms with Crippen LogP contribution in [0, 0.1) is 0 Å². The molecule has 2 aromatic rings. The number of rotatable bonds is 6. The van der Waals surface area contributed by atoms with E-state index in [0.29, 0.717) is 11.5 Å². The Balaban J connectivity index is 1.95. The Kier molecular flexibility index (Phi) is 5.58. The lowest BCUT2D eigenvalue weighted by atomic mass is 10.0. The second-order valence-electron chi connectivity index (χ2n) is 6.06. The van der Waals surface area contributed by atoms with Crippen molar-refractivity contribution in [1.29, 1.82) is 0 Å². The summed E-state index contributed by atoms with van der Waals surface area (Å²) in [7, 11) is 4.01. The minimum Gasteiger partial charge on any atom is -0.378 e. The molecule has 0 saturated heterocycles. The Morgan fingerprint density at radius 3 is 2.13 bits per heavy atom. The Hall–Kier alpha value is -2.55. The zero-order valence-electron chi connectivity index (χ0n) is 14.2. The number of nitrogens with one attached hydrogen (secondary N) is 1. The van der Waals surface area contributed by atoms with E-state index in [-0.39, 0.29) is 5.78 Å². The maximum Gasteiger partial charge on any atom is 0.187 e. The number of anilines is 2. The molecule has 2 rings (SSSR count). The van der Waals surface area contributed by atoms with Gasteiger partial charge in [-0.1, -0.05) is 38.1 Å². The molecule has 0 aliphatic rings. The number of carbonyl (C=O) groups excluding carboxylic acids is 1. The van der Waals surface area contributed by atoms with E-state index in [1.54, 1.807) is 12.3 Å². The van der Waals surface area contributed by atoms with Crippen LogP contribution in [0.25, 0.3) is 0 Å². The highest BCUT2D eigenvalue weighted by atomic mass is 16.1. The molecule has 3 nitrogen and oxygen atoms in total. The quantitative estimate of drug-likeness (QED) is 0.621. The summed E-state index contributed by atoms with van der Waals surface area (Å²) in [5.41, 5.74) is 4.04. The summed E-state index contributed by atoms with van der Waals surface area (Å²) in [6.07, 6.45) is 3.24. The highest BCUT2D eigenvalue weighted by Gasteiger charge is 2.03. The Morgan fingerprint density at radius 1 is 1.00 bits per heavy atom. The van der Waals surface area contributed by atoms with Gasteiger partial charge in [0.05, 0.1) is 0 Å². The second-order valence-corrected chi connectivity index (χ2v) is 6.06. The number of benzene rings is 2. The molecule has 120 valence electrons. The minimum absolute atomic E-state index is 0.00211. The SMILES string of the molecule is CC(C)c1ccc(C(=O)/C=C/Nc2ccc(N(C)C)cc2)cc1. The molecule has 0 amide bonds. The summed E-state index contributed by atoms with van der Waals surface area (Å²) >= 11 is 0. The number of ketones is 1. The summed E-state index contributed by atoms with van der Waals surface area (Å²) in [6.45, 7) is 4.28. The van der Waals surface area contributed by atoms with Crippen LogP contribution in [0.4, 0.5) is 11.4 Å². The van der Waals surface area contributed by atoms with Crippen LogP contribution in [0.5, 0.6) is 0 Å². The normalized spacial score (nSPS) is 11.0. The fourth-order valence-electron chi connectivity index (χ4n) is 2.20. The molecule has 23 heavy (non-hydrogen) atoms. The van der Waals surface area contributed by atoms with Crippen LogP contribution in [0.3, 0.4) is 0 Å². The van der Waals surface area contributed by atoms with Crippen LogP contribution < -0.4 is 10.2 Å². The summed E-state index contributed by atoms with van der Waals surface area (Å²) in [4.78, 5) is 14.2. The molecule has 0 saturated carbocycles. The molecule has 2 aromatic carbocycles. The van der Waals surface area contributed by atoms with Crippen molar-refractivity contribution >= 4 is 17.2 Å². The average Bonchev–Trinajstić information content (AvgIpc) is 2.55. The molecule has 0 heterocycles. The third-order valence-electron chi connectivity index (χ3n) is 3.73. The second kappa shape index (κ2) is 7.63. The van der Waals surface area contributed by atoms with Crippen molar-refractivity contribution in [3.05, 3.63) is 71.9 Å². The molecular weight excluding hydrogens is 284 g/mol. The van der Waals surface area contributed by atoms with Gasteiger partial charge in [0.1, 0.15) is 0 Å². The zero-order valence-corrected chi connectivity index (χ0v) is 14.2. The van der Waals surface area contributed by atoms with E-state index in [1.165, 1.54) is 5.56 Å². The van der Waals surface area contributed by atoms with Gasteiger partial charge in [-0.3, -0.25) is 4.79 Å². The first-order valence-electron chi connectivity index (χ1n) is 7.82. The van der Waals surface area contributed by atoms with Gasteiger partial charge in [-0.2, -0.15) is 0 Å². The topological polar surface area (TPSA) is 32.3 Å². The number of nitrogens with zero attached hydrogens (tertiary/aromatic N) is 1. The molecule has 0 atom stereocenters. The van der Waals surface area contributed by atoms with Gasteiger partial charge in [-0.25, -0.2) is 0 Å². The Labute approximate surface area is 138 Å². The van der Waals surface area contributed by atoms with Gasteiger partial charge < -0.3 is 10.2 Å². The van der Waals surface area contributed by atoms with Gasteiger partial charge in [-0.05, 0) is 35.7 Å². The lowest BCUT2D eigenvalue weighted by Gasteiger charge is -2.12. The van der Waals surface area contributed by atoms with Gasteiger partial charge in [0.25, 0.3) is 0 Å². The first kappa shape index (κ1) is 16.8. The molecule has 0 aromatic heterocycles. The van der Waals surface area contributed by atoms with E-state index >= 15 is 0 Å². The van der Waals surface area contributed by atoms with E-state index in [4.69, 9.17) is 0 Å². The maximum atomic E-state index is 12.1. The third-order valence-corrected chi connectivity index (χ3v) is 3.73. The fraction of sp³-hybridized carbons (Fsp3) is 0.250. The van der Waals surface area contributed by atoms with Crippen LogP contribution in [0.2, 0.25) is 0 Å². The van der Waals surface area contributed by atoms with Crippen LogP contribution in [0.1, 0.15) is 35.7 Å². The van der Waals surface area contributed by atoms with Crippen molar-refractivity contribution in [3.8, 4) is 0 Å². The van der Waals surface area contributed by atoms with Gasteiger partial charge in [0.15, 0.2) is 5.78 Å². The monoisotopic (exact) mass is 308 g/mol. The Morgan fingerprint density at radius 2 is 1.61 bits per heavy atom. The Bertz CT molecular complexity index is 668. The van der Waals surface area contributed by atoms with Crippen molar-refractivity contribution in [1.82, 2.24) is 0 Å². The molecule has 0 fully saturated rings. The van der Waals surface area contributed by atoms with E-state index in [2.05, 4.69) is 19.2 Å². The lowest BCUT2D eigenvalue weighted by Crippen LogP contribution is -2.08. The highest BCUT2D eigenvalue weighted by Crippen LogP contribution is 2.16. The van der Waals surface area contributed by atoms with Crippen LogP contribution in [-0.4, -0.2) is 19.9 Å². The maximum absolute atomic E-state index is 12.1. The van der Waals surface area contributed by atoms with Gasteiger partial charge >= 0.3 is 0 Å². The number of hydrogen-bond acceptors (Lipinski definition) is 3. The summed E-state index contributed by atoms with van der Waals surface area (Å²) in [6, 6.07) is 15.8. The van der Waals surface area contributed by atoms with E-state index < -0.39 is 0 Å². The summed E-state index contributed by atoms with van der Waals surface area (Å²) in [5.74, 6) is 0.471. The lowest BCUT2D eigenvalue weighted by molar-refractivity contribution is 0.104. The van der Waals surface area contributed by atoms with Gasteiger partial charge in [0, 0.05) is 43.3 Å². The summed E-state index contributed by atoms with van der Waals surface area (Å²) < 4.78 is 0. The predicted octanol–water partition coefficient (Wildman–Crippen LogP) is 4.68. The molecule has 0 aliphatic heterocycles. The van der Waals surface area contributed by atoms with Gasteiger partial charge in [0.2, 0.25) is 0 Å². The minimum atomic E-state index is -0.00211. The number of allylic oxidation sites excluding steroid dienone is 1. The standard InChI is InChI=1S/C20H24N2O/c1-15(2)16-5-7-17(8-6-16)20(23)13-14-21-18-9-11-19(12-10-18)22(3)4/h5-15,21H,1-4H3/b14-13+. The van der Waals surface area contributed by atoms with Crippen LogP contribution in [-0.2, 0) is 0 Å². The van der Waals surface area contributed by atoms with E-state index in [9.17, 15) is 4.79 Å². The molecule has 1 N–H and O–H groups in total. The average molecular weight is 308 g/mol. The fourth-order valence-corrected chi connectivity index (χ4v) is 2.20. The number of carbonyl (C=O) groups is 1. The molecule has 3 heteroatoms.